The van der Waals surface area contributed by atoms with Gasteiger partial charge in [0.15, 0.2) is 0 Å². The van der Waals surface area contributed by atoms with Crippen LogP contribution in [0.25, 0.3) is 22.3 Å². The second-order valence-corrected chi connectivity index (χ2v) is 14.6. The molecule has 0 radical (unpaired) electrons. The van der Waals surface area contributed by atoms with Crippen molar-refractivity contribution in [2.75, 3.05) is 4.90 Å². The van der Waals surface area contributed by atoms with Crippen LogP contribution < -0.4 is 14.4 Å². The molecule has 3 aliphatic heterocycles. The predicted octanol–water partition coefficient (Wildman–Crippen LogP) is 12.7. The fourth-order valence-electron chi connectivity index (χ4n) is 9.56. The molecule has 7 aromatic carbocycles. The highest BCUT2D eigenvalue weighted by molar-refractivity contribution is 5.87. The van der Waals surface area contributed by atoms with E-state index < -0.39 is 5.41 Å². The lowest BCUT2D eigenvalue weighted by Crippen LogP contribution is -2.41. The lowest BCUT2D eigenvalue weighted by Gasteiger charge is -2.45. The summed E-state index contributed by atoms with van der Waals surface area (Å²) < 4.78 is 13.7. The number of hydrogen-bond donors (Lipinski definition) is 0. The molecule has 1 spiro atoms. The summed E-state index contributed by atoms with van der Waals surface area (Å²) in [5, 5.41) is 0. The van der Waals surface area contributed by atoms with Crippen LogP contribution in [-0.4, -0.2) is 5.54 Å². The minimum Gasteiger partial charge on any atom is -0.457 e. The Hall–Kier alpha value is -6.58. The van der Waals surface area contributed by atoms with Gasteiger partial charge in [0.05, 0.1) is 11.0 Å². The van der Waals surface area contributed by atoms with E-state index in [1.807, 2.05) is 0 Å². The largest absolute Gasteiger partial charge is 0.457 e. The van der Waals surface area contributed by atoms with Crippen LogP contribution in [0.2, 0.25) is 0 Å². The van der Waals surface area contributed by atoms with Crippen molar-refractivity contribution in [3.8, 4) is 45.3 Å². The Morgan fingerprint density at radius 2 is 1.08 bits per heavy atom. The summed E-state index contributed by atoms with van der Waals surface area (Å²) in [6, 6.07) is 58.6. The summed E-state index contributed by atoms with van der Waals surface area (Å²) in [6.45, 7) is 2.36. The molecular formula is C50H35NO2. The van der Waals surface area contributed by atoms with Gasteiger partial charge in [-0.2, -0.15) is 0 Å². The zero-order valence-electron chi connectivity index (χ0n) is 29.2. The van der Waals surface area contributed by atoms with Gasteiger partial charge >= 0.3 is 0 Å². The summed E-state index contributed by atoms with van der Waals surface area (Å²) in [6.07, 6.45) is 9.11. The van der Waals surface area contributed by atoms with E-state index in [0.717, 1.165) is 61.9 Å². The zero-order chi connectivity index (χ0) is 35.1. The Morgan fingerprint density at radius 1 is 0.491 bits per heavy atom. The molecule has 0 bridgehead atoms. The van der Waals surface area contributed by atoms with E-state index in [9.17, 15) is 0 Å². The molecule has 0 fully saturated rings. The summed E-state index contributed by atoms with van der Waals surface area (Å²) in [5.74, 6) is 3.60. The molecule has 3 heterocycles. The number of hydrogen-bond acceptors (Lipinski definition) is 3. The van der Waals surface area contributed by atoms with Crippen molar-refractivity contribution in [2.24, 2.45) is 0 Å². The molecule has 3 nitrogen and oxygen atoms in total. The van der Waals surface area contributed by atoms with Gasteiger partial charge in [-0.15, -0.1) is 0 Å². The maximum Gasteiger partial charge on any atom is 0.132 e. The molecule has 2 unspecified atom stereocenters. The third kappa shape index (κ3) is 4.16. The predicted molar refractivity (Wildman–Crippen MR) is 214 cm³/mol. The van der Waals surface area contributed by atoms with Crippen molar-refractivity contribution >= 4 is 11.4 Å². The summed E-state index contributed by atoms with van der Waals surface area (Å²) >= 11 is 0. The number of anilines is 2. The first-order valence-electron chi connectivity index (χ1n) is 18.4. The van der Waals surface area contributed by atoms with Crippen LogP contribution in [-0.2, 0) is 5.41 Å². The highest BCUT2D eigenvalue weighted by Gasteiger charge is 2.51. The number of fused-ring (bicyclic) bond motifs is 11. The van der Waals surface area contributed by atoms with Gasteiger partial charge in [0.25, 0.3) is 0 Å². The molecule has 3 heteroatoms. The number of nitrogens with zero attached hydrogens (tertiary/aromatic N) is 1. The van der Waals surface area contributed by atoms with Crippen LogP contribution in [0.5, 0.6) is 23.0 Å². The number of benzene rings is 7. The maximum absolute atomic E-state index is 7.12. The fourth-order valence-corrected chi connectivity index (χ4v) is 9.56. The van der Waals surface area contributed by atoms with Crippen molar-refractivity contribution in [2.45, 2.75) is 23.8 Å². The van der Waals surface area contributed by atoms with Gasteiger partial charge in [-0.3, -0.25) is 0 Å². The van der Waals surface area contributed by atoms with Gasteiger partial charge < -0.3 is 14.4 Å². The Kier molecular flexibility index (Phi) is 6.36. The molecule has 1 aliphatic carbocycles. The molecule has 0 amide bonds. The van der Waals surface area contributed by atoms with E-state index in [0.29, 0.717) is 0 Å². The molecule has 0 saturated heterocycles. The molecule has 11 rings (SSSR count). The molecular weight excluding hydrogens is 647 g/mol. The van der Waals surface area contributed by atoms with Crippen LogP contribution in [0, 0.1) is 0 Å². The van der Waals surface area contributed by atoms with Gasteiger partial charge in [0.2, 0.25) is 0 Å². The minimum absolute atomic E-state index is 0.172. The second-order valence-electron chi connectivity index (χ2n) is 14.6. The van der Waals surface area contributed by atoms with Gasteiger partial charge in [0, 0.05) is 39.5 Å². The van der Waals surface area contributed by atoms with Crippen LogP contribution in [0.1, 0.15) is 40.7 Å². The highest BCUT2D eigenvalue weighted by Crippen LogP contribution is 2.63. The SMILES string of the molecule is CC12C=CC=CC1c1c(-c3ccc4c(c3)Oc3cc(-c5ccccc5)ccc3C43c4ccccc4Oc4ccccc43)cccc1N2c1ccccc1. The zero-order valence-corrected chi connectivity index (χ0v) is 29.2. The van der Waals surface area contributed by atoms with E-state index >= 15 is 0 Å². The van der Waals surface area contributed by atoms with Crippen molar-refractivity contribution in [3.63, 3.8) is 0 Å². The monoisotopic (exact) mass is 681 g/mol. The average Bonchev–Trinajstić information content (AvgIpc) is 3.49. The van der Waals surface area contributed by atoms with Crippen LogP contribution in [0.15, 0.2) is 188 Å². The molecule has 4 aliphatic rings. The summed E-state index contributed by atoms with van der Waals surface area (Å²) in [4.78, 5) is 2.51. The van der Waals surface area contributed by atoms with Crippen molar-refractivity contribution in [1.29, 1.82) is 0 Å². The first kappa shape index (κ1) is 30.1. The number of ether oxygens (including phenoxy) is 2. The number of allylic oxidation sites excluding steroid dienone is 2. The Labute approximate surface area is 309 Å². The topological polar surface area (TPSA) is 21.7 Å². The van der Waals surface area contributed by atoms with Crippen LogP contribution >= 0.6 is 0 Å². The Balaban J connectivity index is 1.16. The average molecular weight is 682 g/mol. The van der Waals surface area contributed by atoms with E-state index in [2.05, 4.69) is 200 Å². The smallest absolute Gasteiger partial charge is 0.132 e. The van der Waals surface area contributed by atoms with E-state index in [-0.39, 0.29) is 11.5 Å². The fraction of sp³-hybridized carbons (Fsp3) is 0.0800. The van der Waals surface area contributed by atoms with Gasteiger partial charge in [0.1, 0.15) is 23.0 Å². The molecule has 0 N–H and O–H groups in total. The molecule has 252 valence electrons. The number of rotatable bonds is 3. The lowest BCUT2D eigenvalue weighted by molar-refractivity contribution is 0.399. The van der Waals surface area contributed by atoms with Crippen molar-refractivity contribution < 1.29 is 9.47 Å². The van der Waals surface area contributed by atoms with E-state index in [1.54, 1.807) is 0 Å². The molecule has 0 saturated carbocycles. The highest BCUT2D eigenvalue weighted by atomic mass is 16.5. The van der Waals surface area contributed by atoms with Gasteiger partial charge in [-0.25, -0.2) is 0 Å². The third-order valence-electron chi connectivity index (χ3n) is 11.8. The first-order valence-corrected chi connectivity index (χ1v) is 18.4. The summed E-state index contributed by atoms with van der Waals surface area (Å²) in [5.41, 5.74) is 11.9. The molecule has 7 aromatic rings. The first-order chi connectivity index (χ1) is 26.1. The van der Waals surface area contributed by atoms with E-state index in [1.165, 1.54) is 22.5 Å². The minimum atomic E-state index is -0.652. The van der Waals surface area contributed by atoms with Crippen molar-refractivity contribution in [3.05, 3.63) is 216 Å². The van der Waals surface area contributed by atoms with Gasteiger partial charge in [-0.1, -0.05) is 146 Å². The Morgan fingerprint density at radius 3 is 1.79 bits per heavy atom. The quantitative estimate of drug-likeness (QED) is 0.185. The molecule has 53 heavy (non-hydrogen) atoms. The van der Waals surface area contributed by atoms with Crippen LogP contribution in [0.4, 0.5) is 11.4 Å². The van der Waals surface area contributed by atoms with Gasteiger partial charge in [-0.05, 0) is 77.2 Å². The Bertz CT molecular complexity index is 2610. The lowest BCUT2D eigenvalue weighted by atomic mass is 9.62. The second kappa shape index (κ2) is 11.2. The van der Waals surface area contributed by atoms with E-state index in [4.69, 9.17) is 9.47 Å². The molecule has 2 atom stereocenters. The van der Waals surface area contributed by atoms with Crippen LogP contribution in [0.3, 0.4) is 0 Å². The number of para-hydroxylation sites is 3. The molecule has 0 aromatic heterocycles. The maximum atomic E-state index is 7.12. The third-order valence-corrected chi connectivity index (χ3v) is 11.8. The standard InChI is InChI=1S/C50H35NO2/c1-49-30-13-12-22-42(49)48-37(19-14-23-43(48)51(49)36-17-6-3-7-18-36)35-27-29-41-47(32-35)53-46-31-34(33-15-4-2-5-16-33)26-28-40(46)50(41)38-20-8-10-24-44(38)52-45-25-11-9-21-39(45)50/h2-32,42H,1H3. The summed E-state index contributed by atoms with van der Waals surface area (Å²) in [7, 11) is 0. The normalized spacial score (nSPS) is 19.2. The van der Waals surface area contributed by atoms with Crippen molar-refractivity contribution in [1.82, 2.24) is 0 Å².